The Balaban J connectivity index is 1.76. The first-order valence-corrected chi connectivity index (χ1v) is 14.2. The second kappa shape index (κ2) is 15.0. The van der Waals surface area contributed by atoms with Crippen LogP contribution in [0.5, 0.6) is 5.75 Å². The third-order valence-electron chi connectivity index (χ3n) is 6.10. The van der Waals surface area contributed by atoms with E-state index in [0.29, 0.717) is 22.8 Å². The predicted octanol–water partition coefficient (Wildman–Crippen LogP) is 5.06. The van der Waals surface area contributed by atoms with E-state index in [4.69, 9.17) is 20.6 Å². The number of alkyl carbamates (subject to hydrolysis) is 1. The van der Waals surface area contributed by atoms with Gasteiger partial charge in [0.25, 0.3) is 5.91 Å². The van der Waals surface area contributed by atoms with Crippen molar-refractivity contribution >= 4 is 35.3 Å². The molecule has 3 aromatic rings. The lowest BCUT2D eigenvalue weighted by molar-refractivity contribution is -0.136. The summed E-state index contributed by atoms with van der Waals surface area (Å²) < 4.78 is 11.2. The normalized spacial score (nSPS) is 11.1. The van der Waals surface area contributed by atoms with Crippen LogP contribution in [0, 0.1) is 5.41 Å². The van der Waals surface area contributed by atoms with Crippen molar-refractivity contribution in [1.82, 2.24) is 10.3 Å². The Bertz CT molecular complexity index is 1500. The number of benzene rings is 2. The van der Waals surface area contributed by atoms with Crippen LogP contribution in [-0.4, -0.2) is 45.6 Å². The van der Waals surface area contributed by atoms with E-state index < -0.39 is 23.6 Å². The molecule has 2 aromatic carbocycles. The standard InChI is InChI=1S/C32H40N6O6/c1-19(2)43-26-16-20(17-33)15-22(24(26)12-13-27(39)40)18-36-29-25(7-6-14-35-29)30(41)37-23-10-8-21(9-11-23)28(34)38-31(42)44-32(3,4)5/h6-11,14-16,19H,12-13,17-18,33H2,1-5H3,(H,35,36)(H,37,41)(H,39,40)(H2,34,38,42). The fourth-order valence-corrected chi connectivity index (χ4v) is 4.22. The van der Waals surface area contributed by atoms with Crippen LogP contribution in [-0.2, 0) is 29.0 Å². The van der Waals surface area contributed by atoms with Crippen LogP contribution in [0.25, 0.3) is 0 Å². The number of nitrogens with one attached hydrogen (secondary N) is 4. The third kappa shape index (κ3) is 10.1. The SMILES string of the molecule is CC(C)Oc1cc(CN)cc(CNc2ncccc2C(=O)Nc2ccc(C(=N)NC(=O)OC(C)(C)C)cc2)c1CCC(=O)O. The first-order chi connectivity index (χ1) is 20.8. The Kier molecular flexibility index (Phi) is 11.4. The summed E-state index contributed by atoms with van der Waals surface area (Å²) in [4.78, 5) is 41.0. The Hall–Kier alpha value is -4.97. The van der Waals surface area contributed by atoms with Crippen LogP contribution in [0.3, 0.4) is 0 Å². The van der Waals surface area contributed by atoms with Gasteiger partial charge in [0, 0.05) is 37.0 Å². The van der Waals surface area contributed by atoms with E-state index in [1.165, 1.54) is 0 Å². The number of nitrogens with zero attached hydrogens (tertiary/aromatic N) is 1. The Morgan fingerprint density at radius 3 is 2.41 bits per heavy atom. The highest BCUT2D eigenvalue weighted by atomic mass is 16.6. The molecule has 0 saturated carbocycles. The summed E-state index contributed by atoms with van der Waals surface area (Å²) in [6.45, 7) is 9.50. The van der Waals surface area contributed by atoms with Gasteiger partial charge in [0.15, 0.2) is 0 Å². The zero-order valence-electron chi connectivity index (χ0n) is 25.6. The van der Waals surface area contributed by atoms with E-state index in [1.54, 1.807) is 63.4 Å². The molecule has 0 spiro atoms. The molecule has 0 fully saturated rings. The van der Waals surface area contributed by atoms with Gasteiger partial charge < -0.3 is 30.9 Å². The first-order valence-electron chi connectivity index (χ1n) is 14.2. The van der Waals surface area contributed by atoms with Gasteiger partial charge in [0.05, 0.1) is 11.7 Å². The Morgan fingerprint density at radius 1 is 1.09 bits per heavy atom. The highest BCUT2D eigenvalue weighted by Crippen LogP contribution is 2.29. The number of nitrogens with two attached hydrogens (primary N) is 1. The van der Waals surface area contributed by atoms with Crippen molar-refractivity contribution in [2.45, 2.75) is 72.3 Å². The van der Waals surface area contributed by atoms with Gasteiger partial charge in [0.1, 0.15) is 23.0 Å². The number of anilines is 2. The molecule has 2 amide bonds. The molecule has 0 saturated heterocycles. The van der Waals surface area contributed by atoms with Crippen LogP contribution in [0.15, 0.2) is 54.7 Å². The summed E-state index contributed by atoms with van der Waals surface area (Å²) in [7, 11) is 0. The second-order valence-corrected chi connectivity index (χ2v) is 11.3. The second-order valence-electron chi connectivity index (χ2n) is 11.3. The van der Waals surface area contributed by atoms with E-state index in [0.717, 1.165) is 16.7 Å². The molecule has 0 aliphatic heterocycles. The lowest BCUT2D eigenvalue weighted by Crippen LogP contribution is -2.36. The minimum Gasteiger partial charge on any atom is -0.491 e. The maximum atomic E-state index is 13.3. The van der Waals surface area contributed by atoms with E-state index in [9.17, 15) is 19.5 Å². The topological polar surface area (TPSA) is 189 Å². The van der Waals surface area contributed by atoms with Crippen molar-refractivity contribution in [2.75, 3.05) is 10.6 Å². The van der Waals surface area contributed by atoms with Crippen LogP contribution >= 0.6 is 0 Å². The molecule has 234 valence electrons. The van der Waals surface area contributed by atoms with Gasteiger partial charge >= 0.3 is 12.1 Å². The number of hydrogen-bond acceptors (Lipinski definition) is 9. The van der Waals surface area contributed by atoms with Crippen molar-refractivity contribution in [3.05, 3.63) is 82.5 Å². The summed E-state index contributed by atoms with van der Waals surface area (Å²) in [6.07, 6.45) is 0.890. The number of carbonyl (C=O) groups excluding carboxylic acids is 2. The minimum atomic E-state index is -0.921. The molecule has 44 heavy (non-hydrogen) atoms. The molecule has 1 heterocycles. The van der Waals surface area contributed by atoms with E-state index in [1.807, 2.05) is 26.0 Å². The first kappa shape index (κ1) is 33.5. The highest BCUT2D eigenvalue weighted by molar-refractivity contribution is 6.08. The average Bonchev–Trinajstić information content (AvgIpc) is 2.94. The molecule has 0 aliphatic carbocycles. The van der Waals surface area contributed by atoms with E-state index in [-0.39, 0.29) is 43.4 Å². The largest absolute Gasteiger partial charge is 0.491 e. The van der Waals surface area contributed by atoms with E-state index in [2.05, 4.69) is 20.9 Å². The van der Waals surface area contributed by atoms with Crippen molar-refractivity contribution in [3.63, 3.8) is 0 Å². The van der Waals surface area contributed by atoms with E-state index >= 15 is 0 Å². The number of carboxylic acids is 1. The predicted molar refractivity (Wildman–Crippen MR) is 168 cm³/mol. The monoisotopic (exact) mass is 604 g/mol. The average molecular weight is 605 g/mol. The van der Waals surface area contributed by atoms with Gasteiger partial charge in [-0.15, -0.1) is 0 Å². The number of hydrogen-bond donors (Lipinski definition) is 6. The summed E-state index contributed by atoms with van der Waals surface area (Å²) in [5, 5.41) is 25.9. The number of ether oxygens (including phenoxy) is 2. The van der Waals surface area contributed by atoms with Gasteiger partial charge in [-0.2, -0.15) is 0 Å². The number of rotatable bonds is 12. The maximum absolute atomic E-state index is 13.3. The molecular weight excluding hydrogens is 564 g/mol. The number of carboxylic acid groups (broad SMARTS) is 1. The number of amidine groups is 1. The molecule has 0 radical (unpaired) electrons. The van der Waals surface area contributed by atoms with Gasteiger partial charge in [-0.05, 0) is 100 Å². The lowest BCUT2D eigenvalue weighted by atomic mass is 9.98. The number of aliphatic carboxylic acids is 1. The van der Waals surface area contributed by atoms with Crippen LogP contribution < -0.4 is 26.4 Å². The Labute approximate surface area is 256 Å². The summed E-state index contributed by atoms with van der Waals surface area (Å²) in [5.41, 5.74) is 8.80. The van der Waals surface area contributed by atoms with Crippen LogP contribution in [0.1, 0.15) is 73.7 Å². The molecule has 1 aromatic heterocycles. The fourth-order valence-electron chi connectivity index (χ4n) is 4.22. The molecule has 0 aliphatic rings. The molecule has 12 heteroatoms. The number of pyridine rings is 1. The molecular formula is C32H40N6O6. The van der Waals surface area contributed by atoms with Crippen LogP contribution in [0.2, 0.25) is 0 Å². The quantitative estimate of drug-likeness (QED) is 0.121. The van der Waals surface area contributed by atoms with Gasteiger partial charge in [0.2, 0.25) is 0 Å². The summed E-state index contributed by atoms with van der Waals surface area (Å²) in [6, 6.07) is 13.4. The number of carbonyl (C=O) groups is 3. The Morgan fingerprint density at radius 2 is 1.80 bits per heavy atom. The van der Waals surface area contributed by atoms with Crippen molar-refractivity contribution in [3.8, 4) is 5.75 Å². The van der Waals surface area contributed by atoms with Gasteiger partial charge in [-0.1, -0.05) is 6.07 Å². The van der Waals surface area contributed by atoms with Crippen molar-refractivity contribution < 1.29 is 29.0 Å². The molecule has 3 rings (SSSR count). The number of amides is 2. The zero-order chi connectivity index (χ0) is 32.4. The molecule has 0 atom stereocenters. The maximum Gasteiger partial charge on any atom is 0.413 e. The summed E-state index contributed by atoms with van der Waals surface area (Å²) >= 11 is 0. The third-order valence-corrected chi connectivity index (χ3v) is 6.10. The zero-order valence-corrected chi connectivity index (χ0v) is 25.6. The number of aromatic nitrogens is 1. The van der Waals surface area contributed by atoms with Gasteiger partial charge in [-0.3, -0.25) is 20.3 Å². The fraction of sp³-hybridized carbons (Fsp3) is 0.344. The molecule has 0 unspecified atom stereocenters. The molecule has 0 bridgehead atoms. The minimum absolute atomic E-state index is 0.0734. The van der Waals surface area contributed by atoms with Crippen molar-refractivity contribution in [1.29, 1.82) is 5.41 Å². The smallest absolute Gasteiger partial charge is 0.413 e. The molecule has 7 N–H and O–H groups in total. The highest BCUT2D eigenvalue weighted by Gasteiger charge is 2.19. The van der Waals surface area contributed by atoms with Crippen LogP contribution in [0.4, 0.5) is 16.3 Å². The summed E-state index contributed by atoms with van der Waals surface area (Å²) in [5.74, 6) is -0.563. The van der Waals surface area contributed by atoms with Gasteiger partial charge in [-0.25, -0.2) is 9.78 Å². The lowest BCUT2D eigenvalue weighted by Gasteiger charge is -2.20. The van der Waals surface area contributed by atoms with Crippen molar-refractivity contribution in [2.24, 2.45) is 5.73 Å². The molecule has 12 nitrogen and oxygen atoms in total.